The molecule has 0 aromatic carbocycles. The Labute approximate surface area is 186 Å². The lowest BCUT2D eigenvalue weighted by atomic mass is 9.43. The summed E-state index contributed by atoms with van der Waals surface area (Å²) in [5, 5.41) is 20.8. The summed E-state index contributed by atoms with van der Waals surface area (Å²) in [6.45, 7) is 13.8. The van der Waals surface area contributed by atoms with Crippen molar-refractivity contribution in [2.24, 2.45) is 46.3 Å². The average Bonchev–Trinajstić information content (AvgIpc) is 2.98. The van der Waals surface area contributed by atoms with Gasteiger partial charge < -0.3 is 10.2 Å². The molecule has 4 aliphatic rings. The maximum atomic E-state index is 10.7. The van der Waals surface area contributed by atoms with Crippen molar-refractivity contribution in [1.82, 2.24) is 0 Å². The Hall–Kier alpha value is -0.0800. The maximum absolute atomic E-state index is 10.7. The molecular formula is C28H50O2. The zero-order valence-electron chi connectivity index (χ0n) is 20.8. The predicted octanol–water partition coefficient (Wildman–Crippen LogP) is 6.97. The van der Waals surface area contributed by atoms with Gasteiger partial charge in [0, 0.05) is 0 Å². The van der Waals surface area contributed by atoms with Gasteiger partial charge in [-0.2, -0.15) is 0 Å². The molecule has 0 radical (unpaired) electrons. The van der Waals surface area contributed by atoms with Crippen LogP contribution in [0.5, 0.6) is 0 Å². The Balaban J connectivity index is 1.45. The van der Waals surface area contributed by atoms with Crippen LogP contribution in [-0.4, -0.2) is 21.4 Å². The largest absolute Gasteiger partial charge is 0.390 e. The van der Waals surface area contributed by atoms with Crippen molar-refractivity contribution in [3.63, 3.8) is 0 Å². The number of hydrogen-bond acceptors (Lipinski definition) is 2. The first kappa shape index (κ1) is 23.1. The highest BCUT2D eigenvalue weighted by Gasteiger charge is 2.61. The third-order valence-electron chi connectivity index (χ3n) is 11.2. The second kappa shape index (κ2) is 7.75. The van der Waals surface area contributed by atoms with Crippen molar-refractivity contribution in [2.45, 2.75) is 130 Å². The van der Waals surface area contributed by atoms with Crippen LogP contribution in [0.15, 0.2) is 0 Å². The van der Waals surface area contributed by atoms with Crippen LogP contribution in [0.1, 0.15) is 119 Å². The topological polar surface area (TPSA) is 40.5 Å². The lowest BCUT2D eigenvalue weighted by Gasteiger charge is -2.62. The molecule has 1 unspecified atom stereocenters. The summed E-state index contributed by atoms with van der Waals surface area (Å²) in [4.78, 5) is 0. The molecular weight excluding hydrogens is 368 g/mol. The van der Waals surface area contributed by atoms with Crippen LogP contribution >= 0.6 is 0 Å². The molecule has 0 aliphatic heterocycles. The van der Waals surface area contributed by atoms with Crippen molar-refractivity contribution >= 4 is 0 Å². The fraction of sp³-hybridized carbons (Fsp3) is 1.00. The Morgan fingerprint density at radius 3 is 2.30 bits per heavy atom. The van der Waals surface area contributed by atoms with E-state index in [0.29, 0.717) is 10.8 Å². The van der Waals surface area contributed by atoms with E-state index in [4.69, 9.17) is 0 Å². The fourth-order valence-electron chi connectivity index (χ4n) is 9.46. The number of rotatable bonds is 5. The van der Waals surface area contributed by atoms with Gasteiger partial charge in [0.2, 0.25) is 0 Å². The van der Waals surface area contributed by atoms with Gasteiger partial charge in [-0.25, -0.2) is 0 Å². The summed E-state index contributed by atoms with van der Waals surface area (Å²) < 4.78 is 0. The van der Waals surface area contributed by atoms with Gasteiger partial charge in [-0.05, 0) is 131 Å². The maximum Gasteiger partial charge on any atom is 0.0622 e. The summed E-state index contributed by atoms with van der Waals surface area (Å²) >= 11 is 0. The fourth-order valence-corrected chi connectivity index (χ4v) is 9.46. The summed E-state index contributed by atoms with van der Waals surface area (Å²) in [6, 6.07) is 0. The van der Waals surface area contributed by atoms with E-state index in [-0.39, 0.29) is 0 Å². The van der Waals surface area contributed by atoms with Gasteiger partial charge >= 0.3 is 0 Å². The van der Waals surface area contributed by atoms with Crippen LogP contribution < -0.4 is 0 Å². The molecule has 9 atom stereocenters. The molecule has 0 heterocycles. The first-order valence-corrected chi connectivity index (χ1v) is 13.3. The van der Waals surface area contributed by atoms with Crippen LogP contribution in [0.4, 0.5) is 0 Å². The SMILES string of the molecule is C[C@H](CCCC(C)(C)O)C1CC[C@H]2[C@@H]3CC[C@H]4C[C@@](C)(O)CC[C@]4(C)[C@H]3CC[C@]12C. The molecule has 2 N–H and O–H groups in total. The van der Waals surface area contributed by atoms with Crippen LogP contribution in [-0.2, 0) is 0 Å². The van der Waals surface area contributed by atoms with E-state index in [1.165, 1.54) is 51.4 Å². The Morgan fingerprint density at radius 2 is 1.60 bits per heavy atom. The van der Waals surface area contributed by atoms with Gasteiger partial charge in [0.15, 0.2) is 0 Å². The molecule has 2 nitrogen and oxygen atoms in total. The molecule has 174 valence electrons. The number of aliphatic hydroxyl groups is 2. The molecule has 4 rings (SSSR count). The van der Waals surface area contributed by atoms with Crippen LogP contribution in [0.2, 0.25) is 0 Å². The summed E-state index contributed by atoms with van der Waals surface area (Å²) in [6.07, 6.45) is 15.2. The van der Waals surface area contributed by atoms with Gasteiger partial charge in [-0.1, -0.05) is 33.6 Å². The number of hydrogen-bond donors (Lipinski definition) is 2. The van der Waals surface area contributed by atoms with Gasteiger partial charge in [-0.15, -0.1) is 0 Å². The van der Waals surface area contributed by atoms with E-state index in [0.717, 1.165) is 61.2 Å². The van der Waals surface area contributed by atoms with E-state index in [9.17, 15) is 10.2 Å². The van der Waals surface area contributed by atoms with Crippen molar-refractivity contribution in [3.05, 3.63) is 0 Å². The van der Waals surface area contributed by atoms with Crippen LogP contribution in [0.25, 0.3) is 0 Å². The van der Waals surface area contributed by atoms with E-state index in [1.54, 1.807) is 0 Å². The van der Waals surface area contributed by atoms with Gasteiger partial charge in [-0.3, -0.25) is 0 Å². The minimum absolute atomic E-state index is 0.419. The van der Waals surface area contributed by atoms with E-state index < -0.39 is 11.2 Å². The highest BCUT2D eigenvalue weighted by molar-refractivity contribution is 5.10. The van der Waals surface area contributed by atoms with Gasteiger partial charge in [0.1, 0.15) is 0 Å². The summed E-state index contributed by atoms with van der Waals surface area (Å²) in [7, 11) is 0. The molecule has 0 aromatic heterocycles. The zero-order valence-corrected chi connectivity index (χ0v) is 20.8. The Bertz CT molecular complexity index is 619. The third-order valence-corrected chi connectivity index (χ3v) is 11.2. The highest BCUT2D eigenvalue weighted by Crippen LogP contribution is 2.68. The minimum atomic E-state index is -0.515. The molecule has 0 bridgehead atoms. The first-order chi connectivity index (χ1) is 13.9. The Morgan fingerprint density at radius 1 is 0.900 bits per heavy atom. The molecule has 30 heavy (non-hydrogen) atoms. The third kappa shape index (κ3) is 4.02. The minimum Gasteiger partial charge on any atom is -0.390 e. The van der Waals surface area contributed by atoms with Crippen LogP contribution in [0, 0.1) is 46.3 Å². The van der Waals surface area contributed by atoms with Crippen molar-refractivity contribution in [3.8, 4) is 0 Å². The van der Waals surface area contributed by atoms with Crippen molar-refractivity contribution < 1.29 is 10.2 Å². The van der Waals surface area contributed by atoms with Crippen molar-refractivity contribution in [2.75, 3.05) is 0 Å². The molecule has 2 heteroatoms. The van der Waals surface area contributed by atoms with Crippen molar-refractivity contribution in [1.29, 1.82) is 0 Å². The van der Waals surface area contributed by atoms with Crippen LogP contribution in [0.3, 0.4) is 0 Å². The second-order valence-electron chi connectivity index (χ2n) is 13.8. The molecule has 4 saturated carbocycles. The normalized spacial score (nSPS) is 49.8. The van der Waals surface area contributed by atoms with E-state index in [2.05, 4.69) is 27.7 Å². The highest BCUT2D eigenvalue weighted by atomic mass is 16.3. The zero-order chi connectivity index (χ0) is 21.9. The molecule has 0 amide bonds. The van der Waals surface area contributed by atoms with Gasteiger partial charge in [0.05, 0.1) is 11.2 Å². The second-order valence-corrected chi connectivity index (χ2v) is 13.8. The quantitative estimate of drug-likeness (QED) is 0.506. The molecule has 4 aliphatic carbocycles. The average molecular weight is 419 g/mol. The molecule has 0 spiro atoms. The van der Waals surface area contributed by atoms with E-state index >= 15 is 0 Å². The molecule has 0 aromatic rings. The van der Waals surface area contributed by atoms with Gasteiger partial charge in [0.25, 0.3) is 0 Å². The Kier molecular flexibility index (Phi) is 5.97. The first-order valence-electron chi connectivity index (χ1n) is 13.3. The molecule has 4 fully saturated rings. The smallest absolute Gasteiger partial charge is 0.0622 e. The number of fused-ring (bicyclic) bond motifs is 5. The van der Waals surface area contributed by atoms with E-state index in [1.807, 2.05) is 13.8 Å². The monoisotopic (exact) mass is 418 g/mol. The standard InChI is InChI=1S/C28H50O2/c1-19(8-7-14-25(2,3)29)22-11-12-23-21-10-9-20-18-26(4,30)16-17-27(20,5)24(21)13-15-28(22,23)6/h19-24,29-30H,7-18H2,1-6H3/t19-,20+,21+,22?,23+,24+,26+,27+,28-/m1/s1. The lowest BCUT2D eigenvalue weighted by molar-refractivity contribution is -0.148. The lowest BCUT2D eigenvalue weighted by Crippen LogP contribution is -2.55. The summed E-state index contributed by atoms with van der Waals surface area (Å²) in [5.74, 6) is 5.16. The summed E-state index contributed by atoms with van der Waals surface area (Å²) in [5.41, 5.74) is 0.0808. The predicted molar refractivity (Wildman–Crippen MR) is 125 cm³/mol. The molecule has 0 saturated heterocycles.